The first kappa shape index (κ1) is 13.9. The lowest BCUT2D eigenvalue weighted by molar-refractivity contribution is 0.0301. The lowest BCUT2D eigenvalue weighted by Crippen LogP contribution is -2.43. The summed E-state index contributed by atoms with van der Waals surface area (Å²) >= 11 is 0. The van der Waals surface area contributed by atoms with Crippen LogP contribution in [0.2, 0.25) is 0 Å². The summed E-state index contributed by atoms with van der Waals surface area (Å²) in [4.78, 5) is 2.44. The van der Waals surface area contributed by atoms with Gasteiger partial charge in [-0.2, -0.15) is 0 Å². The monoisotopic (exact) mass is 230 g/mol. The number of methoxy groups -OCH3 is 1. The maximum Gasteiger partial charge on any atom is 0.0698 e. The van der Waals surface area contributed by atoms with Crippen LogP contribution in [-0.2, 0) is 4.74 Å². The predicted molar refractivity (Wildman–Crippen MR) is 65.4 cm³/mol. The van der Waals surface area contributed by atoms with Gasteiger partial charge >= 0.3 is 0 Å². The van der Waals surface area contributed by atoms with Crippen LogP contribution >= 0.6 is 0 Å². The number of aliphatic hydroxyl groups is 1. The fourth-order valence-corrected chi connectivity index (χ4v) is 2.19. The van der Waals surface area contributed by atoms with E-state index in [4.69, 9.17) is 15.6 Å². The molecule has 0 bridgehead atoms. The molecule has 1 aliphatic rings. The lowest BCUT2D eigenvalue weighted by atomic mass is 9.98. The van der Waals surface area contributed by atoms with Gasteiger partial charge in [-0.05, 0) is 45.7 Å². The van der Waals surface area contributed by atoms with E-state index >= 15 is 0 Å². The topological polar surface area (TPSA) is 58.7 Å². The fraction of sp³-hybridized carbons (Fsp3) is 1.00. The summed E-state index contributed by atoms with van der Waals surface area (Å²) in [6.07, 6.45) is 4.72. The largest absolute Gasteiger partial charge is 0.394 e. The molecule has 1 rings (SSSR count). The Hall–Kier alpha value is -0.160. The van der Waals surface area contributed by atoms with E-state index in [1.807, 2.05) is 6.92 Å². The molecular formula is C12H26N2O2. The number of ether oxygens (including phenoxy) is 1. The molecule has 0 aromatic heterocycles. The van der Waals surface area contributed by atoms with E-state index in [0.29, 0.717) is 6.10 Å². The van der Waals surface area contributed by atoms with E-state index in [9.17, 15) is 0 Å². The second-order valence-corrected chi connectivity index (χ2v) is 5.22. The molecule has 2 unspecified atom stereocenters. The van der Waals surface area contributed by atoms with Crippen molar-refractivity contribution in [2.24, 2.45) is 5.73 Å². The average Bonchev–Trinajstić information content (AvgIpc) is 2.29. The minimum atomic E-state index is -0.420. The molecule has 0 aromatic carbocycles. The number of hydrogen-bond donors (Lipinski definition) is 2. The fourth-order valence-electron chi connectivity index (χ4n) is 2.19. The van der Waals surface area contributed by atoms with Gasteiger partial charge in [-0.3, -0.25) is 0 Å². The van der Waals surface area contributed by atoms with E-state index in [2.05, 4.69) is 4.90 Å². The van der Waals surface area contributed by atoms with Crippen LogP contribution < -0.4 is 5.73 Å². The maximum absolute atomic E-state index is 9.05. The third-order valence-corrected chi connectivity index (χ3v) is 3.38. The SMILES string of the molecule is COC1CCCN(CCCC(C)(N)CO)C1. The highest BCUT2D eigenvalue weighted by Gasteiger charge is 2.21. The van der Waals surface area contributed by atoms with Gasteiger partial charge in [-0.15, -0.1) is 0 Å². The number of aliphatic hydroxyl groups excluding tert-OH is 1. The number of piperidine rings is 1. The first-order valence-corrected chi connectivity index (χ1v) is 6.22. The lowest BCUT2D eigenvalue weighted by Gasteiger charge is -2.32. The number of nitrogens with zero attached hydrogens (tertiary/aromatic N) is 1. The van der Waals surface area contributed by atoms with Gasteiger partial charge in [0.25, 0.3) is 0 Å². The van der Waals surface area contributed by atoms with Crippen LogP contribution in [0.4, 0.5) is 0 Å². The van der Waals surface area contributed by atoms with Gasteiger partial charge < -0.3 is 20.5 Å². The van der Waals surface area contributed by atoms with Gasteiger partial charge in [0.15, 0.2) is 0 Å². The minimum Gasteiger partial charge on any atom is -0.394 e. The molecule has 0 saturated carbocycles. The second kappa shape index (κ2) is 6.55. The third-order valence-electron chi connectivity index (χ3n) is 3.38. The summed E-state index contributed by atoms with van der Waals surface area (Å²) in [7, 11) is 1.79. The number of likely N-dealkylation sites (tertiary alicyclic amines) is 1. The highest BCUT2D eigenvalue weighted by molar-refractivity contribution is 4.79. The van der Waals surface area contributed by atoms with E-state index in [1.165, 1.54) is 19.4 Å². The average molecular weight is 230 g/mol. The molecule has 0 aliphatic carbocycles. The Bertz CT molecular complexity index is 197. The zero-order valence-electron chi connectivity index (χ0n) is 10.6. The Kier molecular flexibility index (Phi) is 5.69. The molecule has 1 aliphatic heterocycles. The maximum atomic E-state index is 9.05. The number of rotatable bonds is 6. The zero-order valence-corrected chi connectivity index (χ0v) is 10.6. The molecule has 0 aromatic rings. The van der Waals surface area contributed by atoms with E-state index in [1.54, 1.807) is 7.11 Å². The summed E-state index contributed by atoms with van der Waals surface area (Å²) in [5, 5.41) is 9.05. The van der Waals surface area contributed by atoms with Crippen LogP contribution in [0.15, 0.2) is 0 Å². The van der Waals surface area contributed by atoms with Crippen molar-refractivity contribution in [2.75, 3.05) is 33.4 Å². The predicted octanol–water partition coefficient (Wildman–Crippen LogP) is 0.587. The molecule has 1 saturated heterocycles. The molecule has 96 valence electrons. The summed E-state index contributed by atoms with van der Waals surface area (Å²) in [6.45, 7) is 5.23. The number of nitrogens with two attached hydrogens (primary N) is 1. The first-order valence-electron chi connectivity index (χ1n) is 6.22. The van der Waals surface area contributed by atoms with Crippen molar-refractivity contribution in [1.82, 2.24) is 4.90 Å². The van der Waals surface area contributed by atoms with Crippen LogP contribution in [0, 0.1) is 0 Å². The molecular weight excluding hydrogens is 204 g/mol. The van der Waals surface area contributed by atoms with E-state index in [0.717, 1.165) is 25.9 Å². The van der Waals surface area contributed by atoms with Crippen LogP contribution in [-0.4, -0.2) is 55.0 Å². The molecule has 4 nitrogen and oxygen atoms in total. The smallest absolute Gasteiger partial charge is 0.0698 e. The molecule has 0 spiro atoms. The summed E-state index contributed by atoms with van der Waals surface area (Å²) in [6, 6.07) is 0. The first-order chi connectivity index (χ1) is 7.57. The van der Waals surface area contributed by atoms with Crippen molar-refractivity contribution in [2.45, 2.75) is 44.2 Å². The third kappa shape index (κ3) is 4.78. The van der Waals surface area contributed by atoms with Crippen LogP contribution in [0.3, 0.4) is 0 Å². The van der Waals surface area contributed by atoms with E-state index < -0.39 is 5.54 Å². The van der Waals surface area contributed by atoms with Crippen molar-refractivity contribution in [1.29, 1.82) is 0 Å². The van der Waals surface area contributed by atoms with Crippen LogP contribution in [0.25, 0.3) is 0 Å². The molecule has 4 heteroatoms. The molecule has 0 radical (unpaired) electrons. The second-order valence-electron chi connectivity index (χ2n) is 5.22. The summed E-state index contributed by atoms with van der Waals surface area (Å²) < 4.78 is 5.38. The Morgan fingerprint density at radius 3 is 2.94 bits per heavy atom. The highest BCUT2D eigenvalue weighted by atomic mass is 16.5. The molecule has 0 amide bonds. The van der Waals surface area contributed by atoms with Crippen LogP contribution in [0.5, 0.6) is 0 Å². The van der Waals surface area contributed by atoms with E-state index in [-0.39, 0.29) is 6.61 Å². The Morgan fingerprint density at radius 1 is 1.56 bits per heavy atom. The molecule has 2 atom stereocenters. The Morgan fingerprint density at radius 2 is 2.31 bits per heavy atom. The quantitative estimate of drug-likeness (QED) is 0.701. The van der Waals surface area contributed by atoms with Crippen LogP contribution in [0.1, 0.15) is 32.6 Å². The molecule has 3 N–H and O–H groups in total. The molecule has 16 heavy (non-hydrogen) atoms. The van der Waals surface area contributed by atoms with Gasteiger partial charge in [-0.1, -0.05) is 0 Å². The molecule has 1 fully saturated rings. The normalized spacial score (nSPS) is 26.6. The van der Waals surface area contributed by atoms with Gasteiger partial charge in [0.05, 0.1) is 12.7 Å². The Balaban J connectivity index is 2.17. The van der Waals surface area contributed by atoms with Gasteiger partial charge in [-0.25, -0.2) is 0 Å². The molecule has 1 heterocycles. The minimum absolute atomic E-state index is 0.0632. The number of hydrogen-bond acceptors (Lipinski definition) is 4. The van der Waals surface area contributed by atoms with Crippen molar-refractivity contribution >= 4 is 0 Å². The van der Waals surface area contributed by atoms with Crippen molar-refractivity contribution in [3.63, 3.8) is 0 Å². The van der Waals surface area contributed by atoms with Crippen molar-refractivity contribution in [3.05, 3.63) is 0 Å². The zero-order chi connectivity index (χ0) is 12.0. The highest BCUT2D eigenvalue weighted by Crippen LogP contribution is 2.14. The standard InChI is InChI=1S/C12H26N2O2/c1-12(13,10-15)6-4-8-14-7-3-5-11(9-14)16-2/h11,15H,3-10,13H2,1-2H3. The summed E-state index contributed by atoms with van der Waals surface area (Å²) in [5.74, 6) is 0. The van der Waals surface area contributed by atoms with Gasteiger partial charge in [0.2, 0.25) is 0 Å². The van der Waals surface area contributed by atoms with Gasteiger partial charge in [0.1, 0.15) is 0 Å². The van der Waals surface area contributed by atoms with Crippen molar-refractivity contribution < 1.29 is 9.84 Å². The summed E-state index contributed by atoms with van der Waals surface area (Å²) in [5.41, 5.74) is 5.47. The van der Waals surface area contributed by atoms with Gasteiger partial charge in [0, 0.05) is 19.2 Å². The Labute approximate surface area is 98.8 Å². The van der Waals surface area contributed by atoms with Crippen molar-refractivity contribution in [3.8, 4) is 0 Å².